The van der Waals surface area contributed by atoms with Gasteiger partial charge in [-0.05, 0) is 82.2 Å². The van der Waals surface area contributed by atoms with Crippen LogP contribution >= 0.6 is 0 Å². The molecule has 2 saturated heterocycles. The number of nitrogens with one attached hydrogen (secondary N) is 1. The van der Waals surface area contributed by atoms with E-state index in [1.807, 2.05) is 36.2 Å². The second-order valence-electron chi connectivity index (χ2n) is 14.2. The summed E-state index contributed by atoms with van der Waals surface area (Å²) in [6.45, 7) is 12.5. The van der Waals surface area contributed by atoms with Gasteiger partial charge in [0.2, 0.25) is 11.8 Å². The fraction of sp³-hybridized carbons (Fsp3) is 0.568. The van der Waals surface area contributed by atoms with E-state index in [0.29, 0.717) is 38.4 Å². The maximum atomic E-state index is 13.2. The van der Waals surface area contributed by atoms with Gasteiger partial charge in [-0.2, -0.15) is 0 Å². The molecule has 2 aliphatic rings. The molecule has 2 aliphatic heterocycles. The predicted molar refractivity (Wildman–Crippen MR) is 183 cm³/mol. The third-order valence-corrected chi connectivity index (χ3v) is 9.89. The molecule has 1 aromatic heterocycles. The van der Waals surface area contributed by atoms with Crippen LogP contribution < -0.4 is 5.32 Å². The molecule has 3 aromatic rings. The summed E-state index contributed by atoms with van der Waals surface area (Å²) in [4.78, 5) is 30.2. The zero-order valence-electron chi connectivity index (χ0n) is 28.8. The fourth-order valence-electron chi connectivity index (χ4n) is 7.04. The van der Waals surface area contributed by atoms with Crippen LogP contribution in [-0.4, -0.2) is 115 Å². The molecule has 0 spiro atoms. The molecule has 2 aromatic carbocycles. The first kappa shape index (κ1) is 36.0. The molecule has 3 heterocycles. The molecule has 0 aliphatic carbocycles. The highest BCUT2D eigenvalue weighted by molar-refractivity contribution is 5.91. The van der Waals surface area contributed by atoms with Gasteiger partial charge >= 0.3 is 0 Å². The van der Waals surface area contributed by atoms with Gasteiger partial charge in [0, 0.05) is 50.2 Å². The van der Waals surface area contributed by atoms with Crippen LogP contribution in [0.3, 0.4) is 0 Å². The lowest BCUT2D eigenvalue weighted by Crippen LogP contribution is -2.60. The van der Waals surface area contributed by atoms with E-state index >= 15 is 0 Å². The number of amides is 2. The zero-order chi connectivity index (χ0) is 34.7. The molecule has 0 bridgehead atoms. The molecule has 48 heavy (non-hydrogen) atoms. The first-order valence-electron chi connectivity index (χ1n) is 17.1. The molecule has 11 heteroatoms. The molecule has 2 fully saturated rings. The van der Waals surface area contributed by atoms with Crippen molar-refractivity contribution >= 4 is 22.7 Å². The molecule has 0 radical (unpaired) electrons. The highest BCUT2D eigenvalue weighted by atomic mass is 16.6. The maximum Gasteiger partial charge on any atom is 0.247 e. The van der Waals surface area contributed by atoms with Crippen LogP contribution in [0.4, 0.5) is 0 Å². The summed E-state index contributed by atoms with van der Waals surface area (Å²) in [6, 6.07) is 14.6. The number of carbonyl (C=O) groups is 2. The van der Waals surface area contributed by atoms with E-state index in [4.69, 9.17) is 4.74 Å². The van der Waals surface area contributed by atoms with Gasteiger partial charge in [0.15, 0.2) is 6.23 Å². The Bertz CT molecular complexity index is 1560. The Morgan fingerprint density at radius 2 is 1.62 bits per heavy atom. The molecule has 11 nitrogen and oxygen atoms in total. The highest BCUT2D eigenvalue weighted by Gasteiger charge is 2.44. The number of hydrogen-bond donors (Lipinski definition) is 5. The molecule has 5 atom stereocenters. The molecule has 262 valence electrons. The van der Waals surface area contributed by atoms with Crippen LogP contribution in [-0.2, 0) is 27.2 Å². The normalized spacial score (nSPS) is 24.0. The number of benzene rings is 2. The van der Waals surface area contributed by atoms with Crippen molar-refractivity contribution in [3.8, 4) is 0 Å². The molecule has 2 amide bonds. The Labute approximate surface area is 283 Å². The summed E-state index contributed by atoms with van der Waals surface area (Å²) in [5, 5.41) is 45.2. The summed E-state index contributed by atoms with van der Waals surface area (Å²) in [5.74, 6) is -0.168. The Morgan fingerprint density at radius 1 is 0.958 bits per heavy atom. The van der Waals surface area contributed by atoms with E-state index in [1.165, 1.54) is 0 Å². The van der Waals surface area contributed by atoms with Crippen LogP contribution in [0.15, 0.2) is 48.7 Å². The van der Waals surface area contributed by atoms with Gasteiger partial charge in [0.05, 0.1) is 12.1 Å². The summed E-state index contributed by atoms with van der Waals surface area (Å²) >= 11 is 0. The van der Waals surface area contributed by atoms with Crippen LogP contribution in [0.2, 0.25) is 0 Å². The molecular weight excluding hydrogens is 612 g/mol. The first-order chi connectivity index (χ1) is 22.8. The highest BCUT2D eigenvalue weighted by Crippen LogP contribution is 2.35. The van der Waals surface area contributed by atoms with Crippen molar-refractivity contribution in [3.05, 3.63) is 70.9 Å². The number of carbonyl (C=O) groups excluding carboxylic acids is 2. The first-order valence-corrected chi connectivity index (χ1v) is 17.1. The van der Waals surface area contributed by atoms with Crippen molar-refractivity contribution in [2.75, 3.05) is 32.8 Å². The number of aromatic nitrogens is 1. The van der Waals surface area contributed by atoms with E-state index in [1.54, 1.807) is 18.4 Å². The van der Waals surface area contributed by atoms with Crippen molar-refractivity contribution < 1.29 is 34.8 Å². The van der Waals surface area contributed by atoms with Crippen LogP contribution in [0.1, 0.15) is 69.0 Å². The maximum absolute atomic E-state index is 13.2. The van der Waals surface area contributed by atoms with Crippen LogP contribution in [0.25, 0.3) is 10.9 Å². The van der Waals surface area contributed by atoms with E-state index in [2.05, 4.69) is 48.3 Å². The van der Waals surface area contributed by atoms with E-state index < -0.39 is 42.8 Å². The number of aliphatic hydroxyl groups excluding tert-OH is 4. The van der Waals surface area contributed by atoms with Gasteiger partial charge in [0.25, 0.3) is 0 Å². The third-order valence-electron chi connectivity index (χ3n) is 9.89. The van der Waals surface area contributed by atoms with Gasteiger partial charge in [-0.3, -0.25) is 14.5 Å². The van der Waals surface area contributed by atoms with Crippen molar-refractivity contribution in [1.82, 2.24) is 19.7 Å². The van der Waals surface area contributed by atoms with Crippen molar-refractivity contribution in [1.29, 1.82) is 0 Å². The van der Waals surface area contributed by atoms with Crippen molar-refractivity contribution in [2.45, 2.75) is 103 Å². The lowest BCUT2D eigenvalue weighted by molar-refractivity contribution is -0.250. The van der Waals surface area contributed by atoms with E-state index in [-0.39, 0.29) is 11.8 Å². The minimum absolute atomic E-state index is 0.0404. The lowest BCUT2D eigenvalue weighted by atomic mass is 9.98. The second-order valence-corrected chi connectivity index (χ2v) is 14.2. The molecule has 0 saturated carbocycles. The van der Waals surface area contributed by atoms with E-state index in [9.17, 15) is 30.0 Å². The number of piperazine rings is 1. The van der Waals surface area contributed by atoms with Gasteiger partial charge in [0.1, 0.15) is 30.0 Å². The smallest absolute Gasteiger partial charge is 0.247 e. The quantitative estimate of drug-likeness (QED) is 0.210. The molecule has 5 N–H and O–H groups in total. The minimum atomic E-state index is -1.46. The monoisotopic (exact) mass is 664 g/mol. The van der Waals surface area contributed by atoms with E-state index in [0.717, 1.165) is 52.7 Å². The number of aryl methyl sites for hydroxylation is 2. The Hall–Kier alpha value is -3.32. The third kappa shape index (κ3) is 7.77. The largest absolute Gasteiger partial charge is 0.394 e. The van der Waals surface area contributed by atoms with Gasteiger partial charge in [-0.1, -0.05) is 36.4 Å². The summed E-state index contributed by atoms with van der Waals surface area (Å²) in [7, 11) is 0. The van der Waals surface area contributed by atoms with Crippen molar-refractivity contribution in [2.24, 2.45) is 0 Å². The summed E-state index contributed by atoms with van der Waals surface area (Å²) < 4.78 is 7.66. The van der Waals surface area contributed by atoms with Crippen LogP contribution in [0.5, 0.6) is 0 Å². The Kier molecular flexibility index (Phi) is 11.3. The number of nitrogens with zero attached hydrogens (tertiary/aromatic N) is 3. The molecule has 5 rings (SSSR count). The zero-order valence-corrected chi connectivity index (χ0v) is 28.8. The Morgan fingerprint density at radius 3 is 2.27 bits per heavy atom. The van der Waals surface area contributed by atoms with Gasteiger partial charge in [-0.15, -0.1) is 0 Å². The average molecular weight is 665 g/mol. The topological polar surface area (TPSA) is 148 Å². The Balaban J connectivity index is 1.18. The van der Waals surface area contributed by atoms with Crippen molar-refractivity contribution in [3.63, 3.8) is 0 Å². The SMILES string of the molecule is Cc1cccc2c1c(Cc1ccc(CCCC(=O)NC(C)(C)C(=O)N3CCN(C(C)C)CC3)cc1)cn2[C@@H]1O[C@H](CO)[C@@H](O)[C@H](O)[C@H]1O. The number of ether oxygens (including phenoxy) is 1. The minimum Gasteiger partial charge on any atom is -0.394 e. The summed E-state index contributed by atoms with van der Waals surface area (Å²) in [6.07, 6.45) is -2.00. The number of rotatable bonds is 11. The second kappa shape index (κ2) is 15.1. The number of aliphatic hydroxyl groups is 4. The van der Waals surface area contributed by atoms with Gasteiger partial charge < -0.3 is 39.9 Å². The fourth-order valence-corrected chi connectivity index (χ4v) is 7.04. The molecule has 0 unspecified atom stereocenters. The standard InChI is InChI=1S/C37H52N4O7/c1-23(2)39-16-18-40(19-17-39)36(47)37(4,5)38-30(43)11-7-9-25-12-14-26(15-13-25)20-27-21-41(28-10-6-8-24(3)31(27)28)35-34(46)33(45)32(44)29(22-42)48-35/h6,8,10,12-15,21,23,29,32-35,42,44-46H,7,9,11,16-20,22H2,1-5H3,(H,38,43)/t29-,32-,33+,34-,35-/m1/s1. The predicted octanol–water partition coefficient (Wildman–Crippen LogP) is 2.28. The summed E-state index contributed by atoms with van der Waals surface area (Å²) in [5.41, 5.74) is 4.14. The average Bonchev–Trinajstić information content (AvgIpc) is 3.43. The number of hydrogen-bond acceptors (Lipinski definition) is 8. The number of fused-ring (bicyclic) bond motifs is 1. The van der Waals surface area contributed by atoms with Gasteiger partial charge in [-0.25, -0.2) is 0 Å². The lowest BCUT2D eigenvalue weighted by Gasteiger charge is -2.40. The molecular formula is C37H52N4O7. The van der Waals surface area contributed by atoms with Crippen LogP contribution in [0, 0.1) is 6.92 Å².